The Labute approximate surface area is 146 Å². The maximum absolute atomic E-state index is 8.87. The Kier molecular flexibility index (Phi) is 4.53. The highest BCUT2D eigenvalue weighted by molar-refractivity contribution is 5.71. The van der Waals surface area contributed by atoms with E-state index in [0.717, 1.165) is 22.6 Å². The highest BCUT2D eigenvalue weighted by Crippen LogP contribution is 2.32. The number of benzene rings is 2. The van der Waals surface area contributed by atoms with Crippen LogP contribution in [0.3, 0.4) is 0 Å². The number of anilines is 3. The van der Waals surface area contributed by atoms with Crippen molar-refractivity contribution in [1.82, 2.24) is 4.98 Å². The molecule has 0 saturated heterocycles. The molecule has 3 rings (SSSR count). The summed E-state index contributed by atoms with van der Waals surface area (Å²) >= 11 is 0. The van der Waals surface area contributed by atoms with E-state index in [2.05, 4.69) is 16.4 Å². The van der Waals surface area contributed by atoms with Gasteiger partial charge < -0.3 is 15.8 Å². The molecule has 1 aromatic heterocycles. The standard InChI is InChI=1S/C20H18N4O/c1-13-4-3-5-14(2)19(13)25-17-10-18(20(22)23-12-17)24-16-8-6-15(11-21)7-9-16/h3-10,12,24H,1-2H3,(H2,22,23). The van der Waals surface area contributed by atoms with E-state index in [1.807, 2.05) is 50.2 Å². The second-order valence-corrected chi connectivity index (χ2v) is 5.74. The Balaban J connectivity index is 1.86. The van der Waals surface area contributed by atoms with Crippen molar-refractivity contribution in [1.29, 1.82) is 5.26 Å². The molecule has 0 atom stereocenters. The summed E-state index contributed by atoms with van der Waals surface area (Å²) in [7, 11) is 0. The molecule has 0 aliphatic heterocycles. The molecule has 1 heterocycles. The van der Waals surface area contributed by atoms with Crippen molar-refractivity contribution in [2.45, 2.75) is 13.8 Å². The third-order valence-corrected chi connectivity index (χ3v) is 3.82. The van der Waals surface area contributed by atoms with Gasteiger partial charge in [0.05, 0.1) is 23.5 Å². The molecule has 5 nitrogen and oxygen atoms in total. The van der Waals surface area contributed by atoms with Crippen LogP contribution in [0, 0.1) is 25.2 Å². The number of hydrogen-bond acceptors (Lipinski definition) is 5. The summed E-state index contributed by atoms with van der Waals surface area (Å²) in [4.78, 5) is 4.20. The molecule has 3 aromatic rings. The second kappa shape index (κ2) is 6.93. The summed E-state index contributed by atoms with van der Waals surface area (Å²) in [6.45, 7) is 4.01. The van der Waals surface area contributed by atoms with Crippen molar-refractivity contribution < 1.29 is 4.74 Å². The van der Waals surface area contributed by atoms with Crippen LogP contribution in [0.25, 0.3) is 0 Å². The van der Waals surface area contributed by atoms with Crippen molar-refractivity contribution in [3.8, 4) is 17.6 Å². The lowest BCUT2D eigenvalue weighted by molar-refractivity contribution is 0.473. The molecule has 0 saturated carbocycles. The van der Waals surface area contributed by atoms with E-state index in [1.54, 1.807) is 18.3 Å². The molecule has 2 aromatic carbocycles. The molecule has 0 radical (unpaired) electrons. The first-order valence-electron chi connectivity index (χ1n) is 7.83. The number of aromatic nitrogens is 1. The smallest absolute Gasteiger partial charge is 0.147 e. The molecule has 5 heteroatoms. The van der Waals surface area contributed by atoms with E-state index in [4.69, 9.17) is 15.7 Å². The zero-order valence-electron chi connectivity index (χ0n) is 14.1. The Morgan fingerprint density at radius 2 is 1.76 bits per heavy atom. The number of hydrogen-bond donors (Lipinski definition) is 2. The van der Waals surface area contributed by atoms with Gasteiger partial charge in [0.2, 0.25) is 0 Å². The minimum absolute atomic E-state index is 0.373. The van der Waals surface area contributed by atoms with Gasteiger partial charge in [-0.15, -0.1) is 0 Å². The Bertz CT molecular complexity index is 923. The van der Waals surface area contributed by atoms with Gasteiger partial charge in [0.1, 0.15) is 17.3 Å². The van der Waals surface area contributed by atoms with Gasteiger partial charge in [-0.1, -0.05) is 18.2 Å². The summed E-state index contributed by atoms with van der Waals surface area (Å²) in [5, 5.41) is 12.1. The van der Waals surface area contributed by atoms with Crippen LogP contribution in [0.4, 0.5) is 17.2 Å². The molecule has 0 bridgehead atoms. The zero-order valence-corrected chi connectivity index (χ0v) is 14.1. The molecule has 0 aliphatic rings. The number of nitrogens with two attached hydrogens (primary N) is 1. The number of aryl methyl sites for hydroxylation is 2. The average molecular weight is 330 g/mol. The molecule has 3 N–H and O–H groups in total. The van der Waals surface area contributed by atoms with Gasteiger partial charge >= 0.3 is 0 Å². The SMILES string of the molecule is Cc1cccc(C)c1Oc1cnc(N)c(Nc2ccc(C#N)cc2)c1. The maximum atomic E-state index is 8.87. The number of nitrogens with one attached hydrogen (secondary N) is 1. The first kappa shape index (κ1) is 16.3. The Hall–Kier alpha value is -3.52. The normalized spacial score (nSPS) is 10.1. The number of nitrogen functional groups attached to an aromatic ring is 1. The van der Waals surface area contributed by atoms with E-state index >= 15 is 0 Å². The first-order chi connectivity index (χ1) is 12.1. The van der Waals surface area contributed by atoms with Gasteiger partial charge in [0.25, 0.3) is 0 Å². The predicted octanol–water partition coefficient (Wildman–Crippen LogP) is 4.69. The minimum Gasteiger partial charge on any atom is -0.455 e. The molecule has 0 unspecified atom stereocenters. The van der Waals surface area contributed by atoms with Crippen molar-refractivity contribution >= 4 is 17.2 Å². The van der Waals surface area contributed by atoms with E-state index in [0.29, 0.717) is 22.8 Å². The van der Waals surface area contributed by atoms with Gasteiger partial charge in [-0.25, -0.2) is 4.98 Å². The fourth-order valence-corrected chi connectivity index (χ4v) is 2.47. The summed E-state index contributed by atoms with van der Waals surface area (Å²) in [6, 6.07) is 17.0. The highest BCUT2D eigenvalue weighted by Gasteiger charge is 2.08. The van der Waals surface area contributed by atoms with Gasteiger partial charge in [-0.2, -0.15) is 5.26 Å². The Morgan fingerprint density at radius 3 is 2.40 bits per heavy atom. The van der Waals surface area contributed by atoms with Crippen molar-refractivity contribution in [2.75, 3.05) is 11.1 Å². The number of nitriles is 1. The van der Waals surface area contributed by atoms with E-state index in [9.17, 15) is 0 Å². The second-order valence-electron chi connectivity index (χ2n) is 5.74. The lowest BCUT2D eigenvalue weighted by Gasteiger charge is -2.14. The number of pyridine rings is 1. The largest absolute Gasteiger partial charge is 0.455 e. The van der Waals surface area contributed by atoms with E-state index in [-0.39, 0.29) is 0 Å². The Morgan fingerprint density at radius 1 is 1.08 bits per heavy atom. The van der Waals surface area contributed by atoms with Gasteiger partial charge in [0.15, 0.2) is 0 Å². The van der Waals surface area contributed by atoms with Crippen molar-refractivity contribution in [3.05, 3.63) is 71.4 Å². The molecular formula is C20H18N4O. The topological polar surface area (TPSA) is 84.0 Å². The van der Waals surface area contributed by atoms with E-state index in [1.165, 1.54) is 0 Å². The third-order valence-electron chi connectivity index (χ3n) is 3.82. The molecule has 0 aliphatic carbocycles. The summed E-state index contributed by atoms with van der Waals surface area (Å²) in [6.07, 6.45) is 1.60. The number of ether oxygens (including phenoxy) is 1. The summed E-state index contributed by atoms with van der Waals surface area (Å²) < 4.78 is 6.01. The van der Waals surface area contributed by atoms with Crippen LogP contribution in [-0.4, -0.2) is 4.98 Å². The van der Waals surface area contributed by atoms with Crippen LogP contribution in [0.15, 0.2) is 54.7 Å². The number of para-hydroxylation sites is 1. The molecule has 0 amide bonds. The quantitative estimate of drug-likeness (QED) is 0.725. The van der Waals surface area contributed by atoms with Crippen LogP contribution >= 0.6 is 0 Å². The van der Waals surface area contributed by atoms with E-state index < -0.39 is 0 Å². The predicted molar refractivity (Wildman–Crippen MR) is 99.1 cm³/mol. The van der Waals surface area contributed by atoms with Crippen molar-refractivity contribution in [2.24, 2.45) is 0 Å². The van der Waals surface area contributed by atoms with Crippen LogP contribution < -0.4 is 15.8 Å². The highest BCUT2D eigenvalue weighted by atomic mass is 16.5. The minimum atomic E-state index is 0.373. The number of nitrogens with zero attached hydrogens (tertiary/aromatic N) is 2. The lowest BCUT2D eigenvalue weighted by atomic mass is 10.1. The fourth-order valence-electron chi connectivity index (χ4n) is 2.47. The van der Waals surface area contributed by atoms with Gasteiger partial charge in [-0.05, 0) is 49.2 Å². The molecule has 124 valence electrons. The summed E-state index contributed by atoms with van der Waals surface area (Å²) in [5.41, 5.74) is 10.1. The fraction of sp³-hybridized carbons (Fsp3) is 0.100. The third kappa shape index (κ3) is 3.70. The summed E-state index contributed by atoms with van der Waals surface area (Å²) in [5.74, 6) is 1.79. The zero-order chi connectivity index (χ0) is 17.8. The number of rotatable bonds is 4. The molecule has 25 heavy (non-hydrogen) atoms. The monoisotopic (exact) mass is 330 g/mol. The van der Waals surface area contributed by atoms with Gasteiger partial charge in [-0.3, -0.25) is 0 Å². The first-order valence-corrected chi connectivity index (χ1v) is 7.83. The molecule has 0 spiro atoms. The average Bonchev–Trinajstić information content (AvgIpc) is 2.61. The molecular weight excluding hydrogens is 312 g/mol. The van der Waals surface area contributed by atoms with Gasteiger partial charge in [0, 0.05) is 11.8 Å². The molecule has 0 fully saturated rings. The van der Waals surface area contributed by atoms with Crippen LogP contribution in [0.5, 0.6) is 11.5 Å². The van der Waals surface area contributed by atoms with Crippen LogP contribution in [0.2, 0.25) is 0 Å². The van der Waals surface area contributed by atoms with Crippen LogP contribution in [-0.2, 0) is 0 Å². The van der Waals surface area contributed by atoms with Crippen LogP contribution in [0.1, 0.15) is 16.7 Å². The maximum Gasteiger partial charge on any atom is 0.147 e. The van der Waals surface area contributed by atoms with Crippen molar-refractivity contribution in [3.63, 3.8) is 0 Å². The lowest BCUT2D eigenvalue weighted by Crippen LogP contribution is -2.00.